The maximum Gasteiger partial charge on any atom is 0.244 e. The first-order chi connectivity index (χ1) is 18.8. The molecule has 200 valence electrons. The number of hydrogen-bond acceptors (Lipinski definition) is 5. The Hall–Kier alpha value is -4.11. The van der Waals surface area contributed by atoms with E-state index in [0.29, 0.717) is 35.9 Å². The molecular weight excluding hydrogens is 526 g/mol. The van der Waals surface area contributed by atoms with Crippen molar-refractivity contribution in [2.45, 2.75) is 31.8 Å². The maximum absolute atomic E-state index is 13.5. The summed E-state index contributed by atoms with van der Waals surface area (Å²) in [5.74, 6) is -0.0361. The van der Waals surface area contributed by atoms with Gasteiger partial charge in [0.25, 0.3) is 0 Å². The molecule has 1 amide bonds. The predicted molar refractivity (Wildman–Crippen MR) is 140 cm³/mol. The summed E-state index contributed by atoms with van der Waals surface area (Å²) in [4.78, 5) is 32.2. The lowest BCUT2D eigenvalue weighted by atomic mass is 9.94. The van der Waals surface area contributed by atoms with Gasteiger partial charge < -0.3 is 9.64 Å². The van der Waals surface area contributed by atoms with Crippen LogP contribution in [0.3, 0.4) is 0 Å². The first-order valence-corrected chi connectivity index (χ1v) is 12.8. The number of ether oxygens (including phenoxy) is 1. The number of benzene rings is 3. The van der Waals surface area contributed by atoms with E-state index >= 15 is 0 Å². The molecule has 0 radical (unpaired) electrons. The van der Waals surface area contributed by atoms with Gasteiger partial charge in [0, 0.05) is 18.0 Å². The maximum atomic E-state index is 13.5. The van der Waals surface area contributed by atoms with Gasteiger partial charge in [-0.25, -0.2) is 18.4 Å². The molecule has 10 heteroatoms. The summed E-state index contributed by atoms with van der Waals surface area (Å²) in [5, 5.41) is 4.33. The van der Waals surface area contributed by atoms with E-state index in [4.69, 9.17) is 16.3 Å². The first-order valence-electron chi connectivity index (χ1n) is 12.4. The highest BCUT2D eigenvalue weighted by Crippen LogP contribution is 2.31. The third-order valence-corrected chi connectivity index (χ3v) is 7.07. The quantitative estimate of drug-likeness (QED) is 0.284. The minimum Gasteiger partial charge on any atom is -0.457 e. The second-order valence-electron chi connectivity index (χ2n) is 9.54. The fourth-order valence-corrected chi connectivity index (χ4v) is 5.07. The average Bonchev–Trinajstić information content (AvgIpc) is 3.58. The van der Waals surface area contributed by atoms with Gasteiger partial charge >= 0.3 is 0 Å². The molecule has 1 aliphatic heterocycles. The number of nitrogens with zero attached hydrogens (tertiary/aromatic N) is 4. The zero-order chi connectivity index (χ0) is 27.4. The lowest BCUT2D eigenvalue weighted by Crippen LogP contribution is -2.42. The zero-order valence-electron chi connectivity index (χ0n) is 20.8. The molecule has 39 heavy (non-hydrogen) atoms. The normalized spacial score (nSPS) is 16.8. The summed E-state index contributed by atoms with van der Waals surface area (Å²) in [5.41, 5.74) is 1.55. The molecule has 0 spiro atoms. The smallest absolute Gasteiger partial charge is 0.244 e. The van der Waals surface area contributed by atoms with Crippen molar-refractivity contribution in [2.75, 3.05) is 6.54 Å². The number of hydrogen-bond donors (Lipinski definition) is 0. The Balaban J connectivity index is 1.28. The van der Waals surface area contributed by atoms with Crippen LogP contribution in [-0.2, 0) is 29.0 Å². The van der Waals surface area contributed by atoms with E-state index in [1.54, 1.807) is 35.2 Å². The molecule has 0 bridgehead atoms. The van der Waals surface area contributed by atoms with Crippen LogP contribution in [0.2, 0.25) is 5.02 Å². The Labute approximate surface area is 229 Å². The number of aromatic nitrogens is 3. The summed E-state index contributed by atoms with van der Waals surface area (Å²) in [6.45, 7) is 0.352. The molecule has 2 heterocycles. The molecule has 0 unspecified atom stereocenters. The largest absolute Gasteiger partial charge is 0.457 e. The van der Waals surface area contributed by atoms with E-state index < -0.39 is 11.9 Å². The van der Waals surface area contributed by atoms with Gasteiger partial charge in [0.05, 0.1) is 6.04 Å². The van der Waals surface area contributed by atoms with E-state index in [2.05, 4.69) is 10.1 Å². The molecule has 3 aromatic carbocycles. The van der Waals surface area contributed by atoms with E-state index in [1.165, 1.54) is 53.7 Å². The van der Waals surface area contributed by atoms with Crippen LogP contribution in [0, 0.1) is 17.6 Å². The Morgan fingerprint density at radius 1 is 0.974 bits per heavy atom. The van der Waals surface area contributed by atoms with Crippen LogP contribution in [-0.4, -0.2) is 43.9 Å². The van der Waals surface area contributed by atoms with E-state index in [0.717, 1.165) is 11.1 Å². The molecular formula is C29H25ClF2N4O3. The Morgan fingerprint density at radius 2 is 1.67 bits per heavy atom. The number of carbonyl (C=O) groups excluding carboxylic acids is 2. The fraction of sp³-hybridized carbons (Fsp3) is 0.241. The summed E-state index contributed by atoms with van der Waals surface area (Å²) >= 11 is 6.25. The molecule has 1 fully saturated rings. The van der Waals surface area contributed by atoms with Gasteiger partial charge in [0.2, 0.25) is 5.91 Å². The minimum atomic E-state index is -0.611. The van der Waals surface area contributed by atoms with Gasteiger partial charge in [0.1, 0.15) is 42.3 Å². The zero-order valence-corrected chi connectivity index (χ0v) is 21.6. The van der Waals surface area contributed by atoms with Crippen molar-refractivity contribution in [3.63, 3.8) is 0 Å². The number of halogens is 3. The number of amides is 1. The predicted octanol–water partition coefficient (Wildman–Crippen LogP) is 5.27. The summed E-state index contributed by atoms with van der Waals surface area (Å²) < 4.78 is 33.8. The molecule has 5 rings (SSSR count). The van der Waals surface area contributed by atoms with Gasteiger partial charge in [-0.1, -0.05) is 29.8 Å². The van der Waals surface area contributed by atoms with Gasteiger partial charge in [-0.05, 0) is 78.4 Å². The molecule has 0 aliphatic carbocycles. The highest BCUT2D eigenvalue weighted by Gasteiger charge is 2.39. The number of Topliss-reactive ketones (excluding diaryl/α,β-unsaturated/α-hetero) is 1. The van der Waals surface area contributed by atoms with Crippen LogP contribution < -0.4 is 4.74 Å². The number of likely N-dealkylation sites (tertiary alicyclic amines) is 1. The topological polar surface area (TPSA) is 77.3 Å². The second kappa shape index (κ2) is 11.7. The second-order valence-corrected chi connectivity index (χ2v) is 9.95. The van der Waals surface area contributed by atoms with Crippen LogP contribution in [0.4, 0.5) is 8.78 Å². The monoisotopic (exact) mass is 550 g/mol. The standard InChI is InChI=1S/C29H25ClF2N4O3/c30-26-14-23(32)4-3-21(26)11-20-12-27(36(15-20)29(38)16-35-18-33-17-34-35)28(37)13-19-1-7-24(8-2-19)39-25-9-5-22(31)6-10-25/h1-10,14,17-18,20,27H,11-13,15-16H2/t20-,27+/m1/s1. The van der Waals surface area contributed by atoms with Crippen LogP contribution in [0.5, 0.6) is 11.5 Å². The molecule has 1 saturated heterocycles. The van der Waals surface area contributed by atoms with Gasteiger partial charge in [-0.3, -0.25) is 9.59 Å². The van der Waals surface area contributed by atoms with Crippen LogP contribution >= 0.6 is 11.6 Å². The highest BCUT2D eigenvalue weighted by molar-refractivity contribution is 6.31. The summed E-state index contributed by atoms with van der Waals surface area (Å²) in [6, 6.07) is 16.4. The number of ketones is 1. The Kier molecular flexibility index (Phi) is 7.97. The van der Waals surface area contributed by atoms with Crippen molar-refractivity contribution in [3.8, 4) is 11.5 Å². The number of rotatable bonds is 9. The van der Waals surface area contributed by atoms with Crippen LogP contribution in [0.1, 0.15) is 17.5 Å². The SMILES string of the molecule is O=C(Cc1ccc(Oc2ccc(F)cc2)cc1)[C@@H]1C[C@@H](Cc2ccc(F)cc2Cl)CN1C(=O)Cn1cncn1. The van der Waals surface area contributed by atoms with Gasteiger partial charge in [-0.15, -0.1) is 0 Å². The molecule has 4 aromatic rings. The van der Waals surface area contributed by atoms with Crippen molar-refractivity contribution >= 4 is 23.3 Å². The van der Waals surface area contributed by atoms with Crippen LogP contribution in [0.25, 0.3) is 0 Å². The van der Waals surface area contributed by atoms with E-state index in [9.17, 15) is 18.4 Å². The van der Waals surface area contributed by atoms with Crippen molar-refractivity contribution in [3.05, 3.63) is 107 Å². The Morgan fingerprint density at radius 3 is 2.33 bits per heavy atom. The lowest BCUT2D eigenvalue weighted by Gasteiger charge is -2.23. The minimum absolute atomic E-state index is 0.0203. The van der Waals surface area contributed by atoms with E-state index in [-0.39, 0.29) is 36.4 Å². The molecule has 0 N–H and O–H groups in total. The third kappa shape index (κ3) is 6.67. The summed E-state index contributed by atoms with van der Waals surface area (Å²) in [7, 11) is 0. The fourth-order valence-electron chi connectivity index (χ4n) is 4.83. The van der Waals surface area contributed by atoms with Gasteiger partial charge in [0.15, 0.2) is 5.78 Å². The number of carbonyl (C=O) groups is 2. The third-order valence-electron chi connectivity index (χ3n) is 6.72. The van der Waals surface area contributed by atoms with Crippen molar-refractivity contribution in [2.24, 2.45) is 5.92 Å². The molecule has 1 aromatic heterocycles. The van der Waals surface area contributed by atoms with Crippen molar-refractivity contribution in [1.29, 1.82) is 0 Å². The van der Waals surface area contributed by atoms with E-state index in [1.807, 2.05) is 0 Å². The van der Waals surface area contributed by atoms with Gasteiger partial charge in [-0.2, -0.15) is 5.10 Å². The summed E-state index contributed by atoms with van der Waals surface area (Å²) in [6.07, 6.45) is 3.93. The molecule has 1 aliphatic rings. The van der Waals surface area contributed by atoms with Crippen molar-refractivity contribution in [1.82, 2.24) is 19.7 Å². The Bertz CT molecular complexity index is 1450. The lowest BCUT2D eigenvalue weighted by molar-refractivity contribution is -0.138. The molecule has 0 saturated carbocycles. The highest BCUT2D eigenvalue weighted by atomic mass is 35.5. The molecule has 7 nitrogen and oxygen atoms in total. The molecule has 2 atom stereocenters. The van der Waals surface area contributed by atoms with Crippen LogP contribution in [0.15, 0.2) is 79.4 Å². The first kappa shape index (κ1) is 26.5. The average molecular weight is 551 g/mol. The van der Waals surface area contributed by atoms with Crippen molar-refractivity contribution < 1.29 is 23.1 Å².